The van der Waals surface area contributed by atoms with Crippen molar-refractivity contribution < 1.29 is 14.3 Å². The van der Waals surface area contributed by atoms with E-state index in [1.165, 1.54) is 22.3 Å². The summed E-state index contributed by atoms with van der Waals surface area (Å²) in [7, 11) is 0. The molecule has 1 aromatic rings. The van der Waals surface area contributed by atoms with Gasteiger partial charge in [-0.05, 0) is 45.6 Å². The van der Waals surface area contributed by atoms with Crippen molar-refractivity contribution in [2.45, 2.75) is 40.0 Å². The Bertz CT molecular complexity index is 568. The molecular weight excluding hydrogens is 274 g/mol. The molecule has 2 rings (SSSR count). The van der Waals surface area contributed by atoms with Gasteiger partial charge in [0, 0.05) is 11.0 Å². The largest absolute Gasteiger partial charge is 0.462 e. The van der Waals surface area contributed by atoms with Gasteiger partial charge < -0.3 is 10.1 Å². The van der Waals surface area contributed by atoms with E-state index in [-0.39, 0.29) is 11.9 Å². The van der Waals surface area contributed by atoms with Gasteiger partial charge in [0.25, 0.3) is 0 Å². The lowest BCUT2D eigenvalue weighted by Crippen LogP contribution is -2.13. The van der Waals surface area contributed by atoms with Gasteiger partial charge >= 0.3 is 5.97 Å². The number of thiophene rings is 1. The molecule has 5 heteroatoms. The average Bonchev–Trinajstić information content (AvgIpc) is 2.87. The number of rotatable bonds is 4. The molecule has 0 spiro atoms. The number of fused-ring (bicyclic) bond motifs is 1. The number of carbonyl (C=O) groups excluding carboxylic acids is 2. The van der Waals surface area contributed by atoms with Crippen LogP contribution in [0.1, 0.15) is 48.0 Å². The van der Waals surface area contributed by atoms with Gasteiger partial charge in [0.15, 0.2) is 0 Å². The molecule has 0 aliphatic heterocycles. The highest BCUT2D eigenvalue weighted by Gasteiger charge is 2.27. The number of nitrogens with one attached hydrogen (secondary N) is 1. The van der Waals surface area contributed by atoms with Crippen LogP contribution in [0.4, 0.5) is 5.00 Å². The minimum atomic E-state index is -0.334. The van der Waals surface area contributed by atoms with Crippen LogP contribution in [-0.2, 0) is 22.4 Å². The van der Waals surface area contributed by atoms with Crippen LogP contribution in [0.3, 0.4) is 0 Å². The zero-order valence-electron chi connectivity index (χ0n) is 12.0. The number of amides is 1. The number of allylic oxidation sites excluding steroid dienone is 1. The molecule has 0 saturated carbocycles. The molecule has 0 bridgehead atoms. The number of esters is 1. The fraction of sp³-hybridized carbons (Fsp3) is 0.467. The number of ether oxygens (including phenoxy) is 1. The molecule has 1 aromatic heterocycles. The van der Waals surface area contributed by atoms with Gasteiger partial charge in [-0.3, -0.25) is 4.79 Å². The van der Waals surface area contributed by atoms with Crippen LogP contribution < -0.4 is 5.32 Å². The molecule has 0 fully saturated rings. The summed E-state index contributed by atoms with van der Waals surface area (Å²) in [6.45, 7) is 5.84. The molecule has 1 heterocycles. The summed E-state index contributed by atoms with van der Waals surface area (Å²) < 4.78 is 5.12. The molecule has 4 nitrogen and oxygen atoms in total. The minimum Gasteiger partial charge on any atom is -0.462 e. The lowest BCUT2D eigenvalue weighted by molar-refractivity contribution is -0.111. The topological polar surface area (TPSA) is 55.4 Å². The van der Waals surface area contributed by atoms with Gasteiger partial charge in [0.1, 0.15) is 5.00 Å². The molecule has 108 valence electrons. The first-order valence-electron chi connectivity index (χ1n) is 6.80. The van der Waals surface area contributed by atoms with Crippen LogP contribution >= 0.6 is 11.3 Å². The van der Waals surface area contributed by atoms with Gasteiger partial charge in [-0.25, -0.2) is 4.79 Å². The van der Waals surface area contributed by atoms with Crippen molar-refractivity contribution in [3.8, 4) is 0 Å². The molecule has 20 heavy (non-hydrogen) atoms. The first kappa shape index (κ1) is 14.8. The van der Waals surface area contributed by atoms with Crippen LogP contribution in [0.5, 0.6) is 0 Å². The summed E-state index contributed by atoms with van der Waals surface area (Å²) in [5, 5.41) is 3.43. The predicted octanol–water partition coefficient (Wildman–Crippen LogP) is 3.32. The minimum absolute atomic E-state index is 0.199. The van der Waals surface area contributed by atoms with Crippen molar-refractivity contribution in [1.29, 1.82) is 0 Å². The average molecular weight is 293 g/mol. The zero-order valence-corrected chi connectivity index (χ0v) is 12.9. The molecular formula is C15H19NO3S. The van der Waals surface area contributed by atoms with Crippen molar-refractivity contribution >= 4 is 28.2 Å². The molecule has 1 N–H and O–H groups in total. The Labute approximate surface area is 122 Å². The monoisotopic (exact) mass is 293 g/mol. The van der Waals surface area contributed by atoms with E-state index in [4.69, 9.17) is 4.74 Å². The Kier molecular flexibility index (Phi) is 4.60. The van der Waals surface area contributed by atoms with E-state index in [0.717, 1.165) is 30.4 Å². The second-order valence-corrected chi connectivity index (χ2v) is 6.10. The Balaban J connectivity index is 2.31. The van der Waals surface area contributed by atoms with Crippen LogP contribution in [0, 0.1) is 0 Å². The van der Waals surface area contributed by atoms with E-state index in [2.05, 4.69) is 5.32 Å². The van der Waals surface area contributed by atoms with Crippen LogP contribution in [0.15, 0.2) is 11.6 Å². The third-order valence-electron chi connectivity index (χ3n) is 3.06. The first-order chi connectivity index (χ1) is 9.52. The maximum absolute atomic E-state index is 12.1. The Hall–Kier alpha value is -1.62. The third kappa shape index (κ3) is 3.10. The molecule has 0 radical (unpaired) electrons. The number of aryl methyl sites for hydroxylation is 1. The molecule has 0 atom stereocenters. The summed E-state index contributed by atoms with van der Waals surface area (Å²) in [5.74, 6) is -0.533. The summed E-state index contributed by atoms with van der Waals surface area (Å²) in [4.78, 5) is 25.2. The molecule has 0 saturated heterocycles. The Morgan fingerprint density at radius 2 is 2.10 bits per heavy atom. The van der Waals surface area contributed by atoms with Crippen LogP contribution in [0.25, 0.3) is 0 Å². The molecule has 0 aromatic carbocycles. The van der Waals surface area contributed by atoms with Crippen LogP contribution in [0.2, 0.25) is 0 Å². The van der Waals surface area contributed by atoms with E-state index >= 15 is 0 Å². The lowest BCUT2D eigenvalue weighted by atomic mass is 10.1. The van der Waals surface area contributed by atoms with Gasteiger partial charge in [-0.1, -0.05) is 5.57 Å². The van der Waals surface area contributed by atoms with E-state index < -0.39 is 0 Å². The van der Waals surface area contributed by atoms with Gasteiger partial charge in [-0.2, -0.15) is 0 Å². The molecule has 1 amide bonds. The second-order valence-electron chi connectivity index (χ2n) is 4.99. The van der Waals surface area contributed by atoms with Gasteiger partial charge in [0.05, 0.1) is 12.2 Å². The standard InChI is InChI=1S/C15H19NO3S/c1-4-19-15(18)13-10-6-5-7-11(10)20-14(13)16-12(17)8-9(2)3/h8H,4-7H2,1-3H3,(H,16,17). The highest BCUT2D eigenvalue weighted by atomic mass is 32.1. The quantitative estimate of drug-likeness (QED) is 0.684. The Morgan fingerprint density at radius 3 is 2.75 bits per heavy atom. The smallest absolute Gasteiger partial charge is 0.341 e. The summed E-state index contributed by atoms with van der Waals surface area (Å²) in [6, 6.07) is 0. The van der Waals surface area contributed by atoms with Crippen molar-refractivity contribution in [2.24, 2.45) is 0 Å². The number of anilines is 1. The van der Waals surface area contributed by atoms with E-state index in [0.29, 0.717) is 17.2 Å². The van der Waals surface area contributed by atoms with E-state index in [1.54, 1.807) is 6.92 Å². The fourth-order valence-corrected chi connectivity index (χ4v) is 3.60. The molecule has 1 aliphatic carbocycles. The van der Waals surface area contributed by atoms with Gasteiger partial charge in [-0.15, -0.1) is 11.3 Å². The summed E-state index contributed by atoms with van der Waals surface area (Å²) >= 11 is 1.50. The lowest BCUT2D eigenvalue weighted by Gasteiger charge is -2.06. The van der Waals surface area contributed by atoms with Gasteiger partial charge in [0.2, 0.25) is 5.91 Å². The molecule has 0 unspecified atom stereocenters. The first-order valence-corrected chi connectivity index (χ1v) is 7.62. The maximum Gasteiger partial charge on any atom is 0.341 e. The molecule has 1 aliphatic rings. The predicted molar refractivity (Wildman–Crippen MR) is 80.4 cm³/mol. The SMILES string of the molecule is CCOC(=O)c1c(NC(=O)C=C(C)C)sc2c1CCC2. The summed E-state index contributed by atoms with van der Waals surface area (Å²) in [5.41, 5.74) is 2.53. The number of hydrogen-bond acceptors (Lipinski definition) is 4. The normalized spacial score (nSPS) is 12.8. The van der Waals surface area contributed by atoms with Crippen LogP contribution in [-0.4, -0.2) is 18.5 Å². The highest BCUT2D eigenvalue weighted by molar-refractivity contribution is 7.17. The fourth-order valence-electron chi connectivity index (χ4n) is 2.32. The second kappa shape index (κ2) is 6.22. The summed E-state index contributed by atoms with van der Waals surface area (Å²) in [6.07, 6.45) is 4.46. The zero-order chi connectivity index (χ0) is 14.7. The van der Waals surface area contributed by atoms with Crippen molar-refractivity contribution in [1.82, 2.24) is 0 Å². The third-order valence-corrected chi connectivity index (χ3v) is 4.26. The highest BCUT2D eigenvalue weighted by Crippen LogP contribution is 2.39. The Morgan fingerprint density at radius 1 is 1.35 bits per heavy atom. The maximum atomic E-state index is 12.1. The number of hydrogen-bond donors (Lipinski definition) is 1. The number of carbonyl (C=O) groups is 2. The van der Waals surface area contributed by atoms with E-state index in [1.807, 2.05) is 13.8 Å². The van der Waals surface area contributed by atoms with Crippen molar-refractivity contribution in [2.75, 3.05) is 11.9 Å². The van der Waals surface area contributed by atoms with Crippen molar-refractivity contribution in [3.05, 3.63) is 27.7 Å². The van der Waals surface area contributed by atoms with Crippen molar-refractivity contribution in [3.63, 3.8) is 0 Å². The van der Waals surface area contributed by atoms with E-state index in [9.17, 15) is 9.59 Å².